The molecule has 0 aromatic carbocycles. The van der Waals surface area contributed by atoms with Crippen molar-refractivity contribution >= 4 is 11.9 Å². The molecule has 4 fully saturated rings. The van der Waals surface area contributed by atoms with Crippen LogP contribution >= 0.6 is 0 Å². The number of cyclic esters (lactones) is 1. The van der Waals surface area contributed by atoms with Crippen LogP contribution in [0.4, 0.5) is 4.79 Å². The number of amides is 1. The minimum absolute atomic E-state index is 0.0657. The molecule has 0 bridgehead atoms. The molecule has 0 aromatic heterocycles. The van der Waals surface area contributed by atoms with Gasteiger partial charge >= 0.3 is 6.09 Å². The zero-order chi connectivity index (χ0) is 18.1. The first kappa shape index (κ1) is 16.8. The van der Waals surface area contributed by atoms with Crippen molar-refractivity contribution in [3.63, 3.8) is 0 Å². The Labute approximate surface area is 156 Å². The summed E-state index contributed by atoms with van der Waals surface area (Å²) in [4.78, 5) is 23.5. The molecule has 26 heavy (non-hydrogen) atoms. The van der Waals surface area contributed by atoms with Crippen LogP contribution in [0.25, 0.3) is 0 Å². The Hall–Kier alpha value is -1.32. The summed E-state index contributed by atoms with van der Waals surface area (Å²) >= 11 is 0. The van der Waals surface area contributed by atoms with Crippen molar-refractivity contribution in [1.29, 1.82) is 0 Å². The van der Waals surface area contributed by atoms with Gasteiger partial charge in [0.1, 0.15) is 6.10 Å². The van der Waals surface area contributed by atoms with Gasteiger partial charge in [-0.25, -0.2) is 4.79 Å². The average Bonchev–Trinajstić information content (AvgIpc) is 3.18. The monoisotopic (exact) mass is 357 g/mol. The van der Waals surface area contributed by atoms with E-state index in [0.717, 1.165) is 37.0 Å². The Morgan fingerprint density at radius 1 is 1.00 bits per heavy atom. The number of fused-ring (bicyclic) bond motifs is 5. The molecule has 1 heterocycles. The maximum absolute atomic E-state index is 11.9. The Bertz CT molecular complexity index is 685. The van der Waals surface area contributed by atoms with Crippen molar-refractivity contribution in [1.82, 2.24) is 5.32 Å². The molecule has 0 aromatic rings. The summed E-state index contributed by atoms with van der Waals surface area (Å²) in [5.74, 6) is 3.11. The topological polar surface area (TPSA) is 55.4 Å². The van der Waals surface area contributed by atoms with Crippen LogP contribution in [0.1, 0.15) is 65.2 Å². The number of alkyl carbamates (subject to hydrolysis) is 1. The van der Waals surface area contributed by atoms with Gasteiger partial charge in [0.2, 0.25) is 0 Å². The predicted octanol–water partition coefficient (Wildman–Crippen LogP) is 4.24. The first-order valence-electron chi connectivity index (χ1n) is 10.6. The lowest BCUT2D eigenvalue weighted by molar-refractivity contribution is -0.117. The predicted molar refractivity (Wildman–Crippen MR) is 98.5 cm³/mol. The van der Waals surface area contributed by atoms with E-state index in [2.05, 4.69) is 19.2 Å². The highest BCUT2D eigenvalue weighted by Gasteiger charge is 2.60. The summed E-state index contributed by atoms with van der Waals surface area (Å²) in [7, 11) is 0. The largest absolute Gasteiger partial charge is 0.444 e. The lowest BCUT2D eigenvalue weighted by Crippen LogP contribution is -2.51. The van der Waals surface area contributed by atoms with Gasteiger partial charge in [-0.15, -0.1) is 0 Å². The summed E-state index contributed by atoms with van der Waals surface area (Å²) in [5, 5.41) is 2.86. The minimum atomic E-state index is -0.234. The Morgan fingerprint density at radius 2 is 1.81 bits per heavy atom. The van der Waals surface area contributed by atoms with E-state index in [0.29, 0.717) is 23.7 Å². The Kier molecular flexibility index (Phi) is 3.62. The number of hydrogen-bond donors (Lipinski definition) is 1. The molecule has 4 nitrogen and oxygen atoms in total. The van der Waals surface area contributed by atoms with E-state index in [1.165, 1.54) is 37.7 Å². The number of allylic oxidation sites excluding steroid dienone is 1. The van der Waals surface area contributed by atoms with Gasteiger partial charge in [0.25, 0.3) is 0 Å². The van der Waals surface area contributed by atoms with E-state index >= 15 is 0 Å². The van der Waals surface area contributed by atoms with E-state index in [-0.39, 0.29) is 17.6 Å². The number of ketones is 1. The molecule has 3 saturated carbocycles. The molecule has 0 radical (unpaired) electrons. The summed E-state index contributed by atoms with van der Waals surface area (Å²) < 4.78 is 5.62. The van der Waals surface area contributed by atoms with Gasteiger partial charge in [-0.2, -0.15) is 0 Å². The van der Waals surface area contributed by atoms with Crippen molar-refractivity contribution < 1.29 is 14.3 Å². The van der Waals surface area contributed by atoms with Gasteiger partial charge in [-0.05, 0) is 79.6 Å². The van der Waals surface area contributed by atoms with E-state index in [4.69, 9.17) is 4.74 Å². The fourth-order valence-electron chi connectivity index (χ4n) is 7.84. The molecule has 0 unspecified atom stereocenters. The summed E-state index contributed by atoms with van der Waals surface area (Å²) in [6.45, 7) is 5.61. The van der Waals surface area contributed by atoms with Crippen molar-refractivity contribution in [2.45, 2.75) is 71.3 Å². The van der Waals surface area contributed by atoms with Crippen LogP contribution in [-0.4, -0.2) is 24.5 Å². The summed E-state index contributed by atoms with van der Waals surface area (Å²) in [6, 6.07) is 0. The third-order valence-corrected chi connectivity index (χ3v) is 9.19. The fraction of sp³-hybridized carbons (Fsp3) is 0.818. The van der Waals surface area contributed by atoms with Crippen molar-refractivity contribution in [3.8, 4) is 0 Å². The molecule has 1 N–H and O–H groups in total. The van der Waals surface area contributed by atoms with Gasteiger partial charge < -0.3 is 10.1 Å². The molecule has 4 heteroatoms. The Balaban J connectivity index is 1.42. The van der Waals surface area contributed by atoms with Gasteiger partial charge in [0.05, 0.1) is 6.54 Å². The second-order valence-electron chi connectivity index (χ2n) is 10.0. The van der Waals surface area contributed by atoms with E-state index in [1.54, 1.807) is 0 Å². The van der Waals surface area contributed by atoms with Crippen LogP contribution < -0.4 is 5.32 Å². The highest BCUT2D eigenvalue weighted by Crippen LogP contribution is 2.67. The number of rotatable bonds is 1. The summed E-state index contributed by atoms with van der Waals surface area (Å²) in [5.41, 5.74) is 2.00. The highest BCUT2D eigenvalue weighted by atomic mass is 16.6. The van der Waals surface area contributed by atoms with Crippen molar-refractivity contribution in [3.05, 3.63) is 11.6 Å². The second-order valence-corrected chi connectivity index (χ2v) is 10.0. The molecule has 5 rings (SSSR count). The van der Waals surface area contributed by atoms with E-state index in [9.17, 15) is 9.59 Å². The van der Waals surface area contributed by atoms with E-state index < -0.39 is 0 Å². The molecule has 4 aliphatic carbocycles. The average molecular weight is 357 g/mol. The third-order valence-electron chi connectivity index (χ3n) is 9.19. The molecular formula is C22H31NO3. The van der Waals surface area contributed by atoms with Crippen LogP contribution in [0.5, 0.6) is 0 Å². The maximum atomic E-state index is 11.9. The van der Waals surface area contributed by atoms with Crippen LogP contribution in [-0.2, 0) is 9.53 Å². The minimum Gasteiger partial charge on any atom is -0.444 e. The molecule has 0 spiro atoms. The lowest BCUT2D eigenvalue weighted by Gasteiger charge is -2.58. The zero-order valence-electron chi connectivity index (χ0n) is 16.1. The number of carbonyl (C=O) groups is 2. The van der Waals surface area contributed by atoms with Crippen molar-refractivity contribution in [2.24, 2.45) is 34.5 Å². The van der Waals surface area contributed by atoms with Gasteiger partial charge in [0.15, 0.2) is 5.78 Å². The first-order valence-corrected chi connectivity index (χ1v) is 10.6. The molecule has 7 atom stereocenters. The molecule has 5 aliphatic rings. The van der Waals surface area contributed by atoms with Crippen molar-refractivity contribution in [2.75, 3.05) is 6.54 Å². The molecular weight excluding hydrogens is 326 g/mol. The lowest BCUT2D eigenvalue weighted by atomic mass is 9.46. The smallest absolute Gasteiger partial charge is 0.407 e. The number of ether oxygens (including phenoxy) is 1. The van der Waals surface area contributed by atoms with Crippen LogP contribution in [0.2, 0.25) is 0 Å². The fourth-order valence-corrected chi connectivity index (χ4v) is 7.84. The number of nitrogens with one attached hydrogen (secondary N) is 1. The highest BCUT2D eigenvalue weighted by molar-refractivity contribution is 5.91. The van der Waals surface area contributed by atoms with E-state index in [1.807, 2.05) is 6.08 Å². The molecule has 1 aliphatic heterocycles. The molecule has 1 saturated heterocycles. The summed E-state index contributed by atoms with van der Waals surface area (Å²) in [6.07, 6.45) is 11.0. The molecule has 142 valence electrons. The normalized spacial score (nSPS) is 50.2. The van der Waals surface area contributed by atoms with Gasteiger partial charge in [-0.3, -0.25) is 4.79 Å². The maximum Gasteiger partial charge on any atom is 0.407 e. The third kappa shape index (κ3) is 2.20. The standard InChI is InChI=1S/C22H31NO3/c1-21-9-7-14(24)11-13(21)3-4-15-16-5-6-18(19-12-23-20(25)26-19)22(16,2)10-8-17(15)21/h11,15-19H,3-10,12H2,1-2H3,(H,23,25)/t15-,16-,17-,18+,19+,21-,22-/m0/s1. The van der Waals surface area contributed by atoms with Crippen LogP contribution in [0.15, 0.2) is 11.6 Å². The second kappa shape index (κ2) is 5.59. The van der Waals surface area contributed by atoms with Gasteiger partial charge in [-0.1, -0.05) is 19.4 Å². The first-order chi connectivity index (χ1) is 12.4. The molecule has 1 amide bonds. The van der Waals surface area contributed by atoms with Gasteiger partial charge in [0, 0.05) is 12.3 Å². The zero-order valence-corrected chi connectivity index (χ0v) is 16.1. The number of hydrogen-bond acceptors (Lipinski definition) is 3. The van der Waals surface area contributed by atoms with Crippen LogP contribution in [0, 0.1) is 34.5 Å². The quantitative estimate of drug-likeness (QED) is 0.763. The number of carbonyl (C=O) groups excluding carboxylic acids is 2. The Morgan fingerprint density at radius 3 is 2.58 bits per heavy atom. The SMILES string of the molecule is C[C@]12CC[C@H]3[C@@H](CCC4=CC(=O)CC[C@@]43C)[C@@H]1CC[C@@H]2[C@H]1CNC(=O)O1. The van der Waals surface area contributed by atoms with Crippen LogP contribution in [0.3, 0.4) is 0 Å².